The first-order valence-corrected chi connectivity index (χ1v) is 5.12. The highest BCUT2D eigenvalue weighted by atomic mass is 16.3. The molecule has 1 heterocycles. The van der Waals surface area contributed by atoms with Crippen LogP contribution in [0, 0.1) is 5.92 Å². The molecule has 13 heavy (non-hydrogen) atoms. The Morgan fingerprint density at radius 3 is 2.85 bits per heavy atom. The zero-order chi connectivity index (χ0) is 9.42. The molecule has 0 N–H and O–H groups in total. The van der Waals surface area contributed by atoms with Crippen LogP contribution in [0.4, 0.5) is 0 Å². The molecule has 0 amide bonds. The summed E-state index contributed by atoms with van der Waals surface area (Å²) in [7, 11) is 0. The molecule has 0 radical (unpaired) electrons. The number of fused-ring (bicyclic) bond motifs is 3. The topological polar surface area (TPSA) is 13.1 Å². The Morgan fingerprint density at radius 2 is 2.08 bits per heavy atom. The highest BCUT2D eigenvalue weighted by molar-refractivity contribution is 5.61. The smallest absolute Gasteiger partial charge is 0.114 e. The van der Waals surface area contributed by atoms with Crippen molar-refractivity contribution in [1.82, 2.24) is 0 Å². The quantitative estimate of drug-likeness (QED) is 0.585. The molecule has 1 fully saturated rings. The SMILES string of the molecule is CC.CC1=Cc2ccoc2C2CC12. The molecule has 2 atom stereocenters. The lowest BCUT2D eigenvalue weighted by atomic mass is 10.00. The van der Waals surface area contributed by atoms with E-state index in [1.807, 2.05) is 13.8 Å². The summed E-state index contributed by atoms with van der Waals surface area (Å²) in [6, 6.07) is 2.06. The van der Waals surface area contributed by atoms with Crippen molar-refractivity contribution in [2.24, 2.45) is 5.92 Å². The van der Waals surface area contributed by atoms with Gasteiger partial charge in [0.2, 0.25) is 0 Å². The minimum Gasteiger partial charge on any atom is -0.468 e. The summed E-state index contributed by atoms with van der Waals surface area (Å²) in [6.07, 6.45) is 5.37. The molecule has 1 nitrogen and oxygen atoms in total. The molecule has 0 aromatic carbocycles. The standard InChI is InChI=1S/C10H10O.C2H6/c1-6-4-7-2-3-11-10(7)9-5-8(6)9;1-2/h2-4,8-9H,5H2,1H3;1-2H3. The van der Waals surface area contributed by atoms with E-state index >= 15 is 0 Å². The van der Waals surface area contributed by atoms with Crippen LogP contribution in [0.25, 0.3) is 6.08 Å². The fourth-order valence-corrected chi connectivity index (χ4v) is 2.09. The van der Waals surface area contributed by atoms with Gasteiger partial charge in [0.15, 0.2) is 0 Å². The van der Waals surface area contributed by atoms with E-state index in [9.17, 15) is 0 Å². The molecule has 1 heteroatoms. The maximum absolute atomic E-state index is 5.41. The van der Waals surface area contributed by atoms with E-state index < -0.39 is 0 Å². The van der Waals surface area contributed by atoms with Gasteiger partial charge in [0.25, 0.3) is 0 Å². The third-order valence-electron chi connectivity index (χ3n) is 2.82. The average Bonchev–Trinajstić information content (AvgIpc) is 2.85. The number of hydrogen-bond acceptors (Lipinski definition) is 1. The highest BCUT2D eigenvalue weighted by Crippen LogP contribution is 2.56. The lowest BCUT2D eigenvalue weighted by Crippen LogP contribution is -1.91. The third kappa shape index (κ3) is 1.23. The van der Waals surface area contributed by atoms with Gasteiger partial charge in [-0.05, 0) is 25.3 Å². The van der Waals surface area contributed by atoms with Gasteiger partial charge in [0.1, 0.15) is 5.76 Å². The van der Waals surface area contributed by atoms with E-state index in [2.05, 4.69) is 19.1 Å². The molecule has 1 aromatic heterocycles. The molecule has 0 spiro atoms. The summed E-state index contributed by atoms with van der Waals surface area (Å²) in [5, 5.41) is 0. The Morgan fingerprint density at radius 1 is 1.31 bits per heavy atom. The van der Waals surface area contributed by atoms with Gasteiger partial charge >= 0.3 is 0 Å². The molecule has 2 aliphatic rings. The van der Waals surface area contributed by atoms with Gasteiger partial charge in [-0.15, -0.1) is 0 Å². The summed E-state index contributed by atoms with van der Waals surface area (Å²) in [5.41, 5.74) is 2.84. The number of rotatable bonds is 0. The molecule has 70 valence electrons. The minimum absolute atomic E-state index is 0.727. The maximum Gasteiger partial charge on any atom is 0.114 e. The van der Waals surface area contributed by atoms with Crippen LogP contribution in [0.2, 0.25) is 0 Å². The van der Waals surface area contributed by atoms with E-state index in [1.54, 1.807) is 6.26 Å². The van der Waals surface area contributed by atoms with Gasteiger partial charge in [-0.2, -0.15) is 0 Å². The van der Waals surface area contributed by atoms with Crippen molar-refractivity contribution in [3.63, 3.8) is 0 Å². The Labute approximate surface area is 79.4 Å². The van der Waals surface area contributed by atoms with Crippen molar-refractivity contribution in [1.29, 1.82) is 0 Å². The molecule has 2 unspecified atom stereocenters. The number of furan rings is 1. The molecular weight excluding hydrogens is 160 g/mol. The molecule has 0 saturated heterocycles. The van der Waals surface area contributed by atoms with Gasteiger partial charge in [-0.3, -0.25) is 0 Å². The van der Waals surface area contributed by atoms with E-state index in [1.165, 1.54) is 23.3 Å². The molecule has 1 aromatic rings. The van der Waals surface area contributed by atoms with Crippen LogP contribution in [-0.2, 0) is 0 Å². The molecular formula is C12H16O. The summed E-state index contributed by atoms with van der Waals surface area (Å²) >= 11 is 0. The predicted molar refractivity (Wildman–Crippen MR) is 54.6 cm³/mol. The largest absolute Gasteiger partial charge is 0.468 e. The van der Waals surface area contributed by atoms with Crippen molar-refractivity contribution in [2.75, 3.05) is 0 Å². The van der Waals surface area contributed by atoms with Crippen LogP contribution in [0.3, 0.4) is 0 Å². The summed E-state index contributed by atoms with van der Waals surface area (Å²) in [4.78, 5) is 0. The molecule has 0 bridgehead atoms. The van der Waals surface area contributed by atoms with Crippen LogP contribution in [0.5, 0.6) is 0 Å². The van der Waals surface area contributed by atoms with Gasteiger partial charge in [0, 0.05) is 11.5 Å². The first-order chi connectivity index (χ1) is 6.36. The van der Waals surface area contributed by atoms with Crippen LogP contribution in [0.15, 0.2) is 22.3 Å². The molecule has 2 aliphatic carbocycles. The Balaban J connectivity index is 0.000000308. The number of hydrogen-bond donors (Lipinski definition) is 0. The minimum atomic E-state index is 0.727. The summed E-state index contributed by atoms with van der Waals surface area (Å²) in [5.74, 6) is 2.76. The first-order valence-electron chi connectivity index (χ1n) is 5.12. The highest BCUT2D eigenvalue weighted by Gasteiger charge is 2.44. The van der Waals surface area contributed by atoms with E-state index in [0.717, 1.165) is 11.8 Å². The van der Waals surface area contributed by atoms with Crippen molar-refractivity contribution in [3.8, 4) is 0 Å². The van der Waals surface area contributed by atoms with Crippen LogP contribution < -0.4 is 0 Å². The normalized spacial score (nSPS) is 27.8. The second kappa shape index (κ2) is 3.06. The van der Waals surface area contributed by atoms with Crippen molar-refractivity contribution >= 4 is 6.08 Å². The molecule has 3 rings (SSSR count). The van der Waals surface area contributed by atoms with Gasteiger partial charge in [-0.25, -0.2) is 0 Å². The van der Waals surface area contributed by atoms with Gasteiger partial charge in [0.05, 0.1) is 6.26 Å². The van der Waals surface area contributed by atoms with E-state index in [4.69, 9.17) is 4.42 Å². The van der Waals surface area contributed by atoms with Crippen LogP contribution >= 0.6 is 0 Å². The molecule has 1 saturated carbocycles. The average molecular weight is 176 g/mol. The van der Waals surface area contributed by atoms with Crippen molar-refractivity contribution in [2.45, 2.75) is 33.1 Å². The summed E-state index contributed by atoms with van der Waals surface area (Å²) in [6.45, 7) is 6.22. The zero-order valence-corrected chi connectivity index (χ0v) is 8.50. The maximum atomic E-state index is 5.41. The fourth-order valence-electron chi connectivity index (χ4n) is 2.09. The van der Waals surface area contributed by atoms with Gasteiger partial charge < -0.3 is 4.42 Å². The second-order valence-electron chi connectivity index (χ2n) is 3.58. The Hall–Kier alpha value is -0.980. The van der Waals surface area contributed by atoms with Crippen molar-refractivity contribution in [3.05, 3.63) is 29.2 Å². The lowest BCUT2D eigenvalue weighted by molar-refractivity contribution is 0.504. The van der Waals surface area contributed by atoms with E-state index in [0.29, 0.717) is 0 Å². The Kier molecular flexibility index (Phi) is 2.03. The predicted octanol–water partition coefficient (Wildman–Crippen LogP) is 3.83. The lowest BCUT2D eigenvalue weighted by Gasteiger charge is -2.05. The Bertz CT molecular complexity index is 333. The van der Waals surface area contributed by atoms with E-state index in [-0.39, 0.29) is 0 Å². The molecule has 0 aliphatic heterocycles. The third-order valence-corrected chi connectivity index (χ3v) is 2.82. The second-order valence-corrected chi connectivity index (χ2v) is 3.58. The summed E-state index contributed by atoms with van der Waals surface area (Å²) < 4.78 is 5.41. The monoisotopic (exact) mass is 176 g/mol. The first kappa shape index (κ1) is 8.61. The van der Waals surface area contributed by atoms with Crippen molar-refractivity contribution < 1.29 is 4.42 Å². The van der Waals surface area contributed by atoms with Crippen LogP contribution in [-0.4, -0.2) is 0 Å². The van der Waals surface area contributed by atoms with Crippen LogP contribution in [0.1, 0.15) is 44.4 Å². The zero-order valence-electron chi connectivity index (χ0n) is 8.50. The fraction of sp³-hybridized carbons (Fsp3) is 0.500. The number of allylic oxidation sites excluding steroid dienone is 1. The van der Waals surface area contributed by atoms with Gasteiger partial charge in [-0.1, -0.05) is 25.5 Å².